The Morgan fingerprint density at radius 1 is 1.19 bits per heavy atom. The summed E-state index contributed by atoms with van der Waals surface area (Å²) >= 11 is 0. The molecule has 5 rings (SSSR count). The summed E-state index contributed by atoms with van der Waals surface area (Å²) in [6.07, 6.45) is 2.01. The maximum absolute atomic E-state index is 13.6. The molecule has 2 aromatic heterocycles. The summed E-state index contributed by atoms with van der Waals surface area (Å²) in [6, 6.07) is 11.7. The van der Waals surface area contributed by atoms with Crippen molar-refractivity contribution in [1.82, 2.24) is 30.3 Å². The Morgan fingerprint density at radius 2 is 2.03 bits per heavy atom. The van der Waals surface area contributed by atoms with Gasteiger partial charge in [-0.05, 0) is 35.7 Å². The Bertz CT molecular complexity index is 1280. The van der Waals surface area contributed by atoms with Gasteiger partial charge in [0, 0.05) is 31.1 Å². The number of halogens is 1. The van der Waals surface area contributed by atoms with Gasteiger partial charge in [0.2, 0.25) is 0 Å². The van der Waals surface area contributed by atoms with Crippen molar-refractivity contribution in [3.8, 4) is 0 Å². The van der Waals surface area contributed by atoms with Gasteiger partial charge in [0.15, 0.2) is 0 Å². The molecule has 4 aromatic rings. The number of benzene rings is 2. The van der Waals surface area contributed by atoms with Crippen LogP contribution in [0.2, 0.25) is 0 Å². The predicted molar refractivity (Wildman–Crippen MR) is 112 cm³/mol. The standard InChI is InChI=1S/C22H21FN6O2/c23-15-7-5-13(6-8-15)19-18(21-25-12-26-29(21)9-2-10-30)20-17-14(11-24-19)3-1-4-16(17)22(31)28-27-20/h1,3-8,12,18-19,24,30H,2,9-11H2,(H,28,31). The van der Waals surface area contributed by atoms with Crippen molar-refractivity contribution in [2.75, 3.05) is 6.61 Å². The number of aromatic nitrogens is 5. The fraction of sp³-hybridized carbons (Fsp3) is 0.273. The Balaban J connectivity index is 1.76. The molecule has 0 amide bonds. The van der Waals surface area contributed by atoms with E-state index in [9.17, 15) is 14.3 Å². The molecule has 8 nitrogen and oxygen atoms in total. The first-order valence-electron chi connectivity index (χ1n) is 10.1. The average Bonchev–Trinajstić information content (AvgIpc) is 3.18. The van der Waals surface area contributed by atoms with Crippen LogP contribution in [0.15, 0.2) is 53.6 Å². The van der Waals surface area contributed by atoms with E-state index in [4.69, 9.17) is 0 Å². The SMILES string of the molecule is O=c1[nH]nc2c3c(cccc13)CNC(c1ccc(F)cc1)C2c1ncnn1CCCO. The highest BCUT2D eigenvalue weighted by Gasteiger charge is 2.36. The molecule has 158 valence electrons. The van der Waals surface area contributed by atoms with E-state index in [1.807, 2.05) is 12.1 Å². The Morgan fingerprint density at radius 3 is 2.84 bits per heavy atom. The lowest BCUT2D eigenvalue weighted by atomic mass is 9.88. The Kier molecular flexibility index (Phi) is 5.05. The third-order valence-electron chi connectivity index (χ3n) is 5.75. The lowest BCUT2D eigenvalue weighted by Gasteiger charge is -2.26. The maximum atomic E-state index is 13.6. The fourth-order valence-electron chi connectivity index (χ4n) is 4.35. The molecule has 0 spiro atoms. The molecule has 0 aliphatic carbocycles. The molecule has 3 heterocycles. The molecule has 0 saturated carbocycles. The molecule has 2 unspecified atom stereocenters. The van der Waals surface area contributed by atoms with Gasteiger partial charge in [0.05, 0.1) is 17.0 Å². The van der Waals surface area contributed by atoms with Gasteiger partial charge in [-0.25, -0.2) is 19.2 Å². The molecule has 2 aromatic carbocycles. The molecule has 9 heteroatoms. The topological polar surface area (TPSA) is 109 Å². The molecule has 1 aliphatic heterocycles. The first-order chi connectivity index (χ1) is 15.2. The molecular formula is C22H21FN6O2. The van der Waals surface area contributed by atoms with E-state index in [0.29, 0.717) is 36.4 Å². The van der Waals surface area contributed by atoms with Gasteiger partial charge in [-0.1, -0.05) is 24.3 Å². The van der Waals surface area contributed by atoms with Crippen molar-refractivity contribution in [2.45, 2.75) is 31.5 Å². The molecule has 1 aliphatic rings. The van der Waals surface area contributed by atoms with Gasteiger partial charge in [0.1, 0.15) is 18.0 Å². The zero-order valence-corrected chi connectivity index (χ0v) is 16.6. The smallest absolute Gasteiger partial charge is 0.272 e. The van der Waals surface area contributed by atoms with E-state index >= 15 is 0 Å². The van der Waals surface area contributed by atoms with E-state index in [1.165, 1.54) is 18.5 Å². The van der Waals surface area contributed by atoms with E-state index in [-0.39, 0.29) is 24.0 Å². The molecule has 2 atom stereocenters. The van der Waals surface area contributed by atoms with Crippen LogP contribution in [0.25, 0.3) is 10.8 Å². The highest BCUT2D eigenvalue weighted by molar-refractivity contribution is 5.88. The summed E-state index contributed by atoms with van der Waals surface area (Å²) in [5.74, 6) is -0.0460. The normalized spacial score (nSPS) is 18.3. The van der Waals surface area contributed by atoms with Gasteiger partial charge in [-0.2, -0.15) is 10.2 Å². The first-order valence-corrected chi connectivity index (χ1v) is 10.1. The predicted octanol–water partition coefficient (Wildman–Crippen LogP) is 2.01. The quantitative estimate of drug-likeness (QED) is 0.456. The van der Waals surface area contributed by atoms with Crippen LogP contribution < -0.4 is 10.9 Å². The summed E-state index contributed by atoms with van der Waals surface area (Å²) in [5, 5.41) is 25.6. The van der Waals surface area contributed by atoms with E-state index in [1.54, 1.807) is 22.9 Å². The molecule has 3 N–H and O–H groups in total. The van der Waals surface area contributed by atoms with Crippen molar-refractivity contribution in [2.24, 2.45) is 0 Å². The monoisotopic (exact) mass is 420 g/mol. The summed E-state index contributed by atoms with van der Waals surface area (Å²) in [6.45, 7) is 1.04. The van der Waals surface area contributed by atoms with Crippen molar-refractivity contribution in [3.63, 3.8) is 0 Å². The van der Waals surface area contributed by atoms with Crippen LogP contribution in [-0.4, -0.2) is 36.7 Å². The number of aliphatic hydroxyl groups excluding tert-OH is 1. The highest BCUT2D eigenvalue weighted by Crippen LogP contribution is 2.40. The van der Waals surface area contributed by atoms with Gasteiger partial charge < -0.3 is 10.4 Å². The molecule has 0 fully saturated rings. The maximum Gasteiger partial charge on any atom is 0.272 e. The highest BCUT2D eigenvalue weighted by atomic mass is 19.1. The van der Waals surface area contributed by atoms with Crippen LogP contribution >= 0.6 is 0 Å². The van der Waals surface area contributed by atoms with Crippen molar-refractivity contribution < 1.29 is 9.50 Å². The van der Waals surface area contributed by atoms with Crippen LogP contribution in [0, 0.1) is 5.82 Å². The Hall–Kier alpha value is -3.43. The second kappa shape index (κ2) is 8.01. The Labute approximate surface area is 176 Å². The lowest BCUT2D eigenvalue weighted by Crippen LogP contribution is -2.29. The number of aryl methyl sites for hydroxylation is 1. The minimum Gasteiger partial charge on any atom is -0.396 e. The van der Waals surface area contributed by atoms with Crippen molar-refractivity contribution in [3.05, 3.63) is 87.6 Å². The lowest BCUT2D eigenvalue weighted by molar-refractivity contribution is 0.275. The zero-order chi connectivity index (χ0) is 21.4. The average molecular weight is 420 g/mol. The van der Waals surface area contributed by atoms with Gasteiger partial charge in [-0.3, -0.25) is 4.79 Å². The molecular weight excluding hydrogens is 399 g/mol. The van der Waals surface area contributed by atoms with Crippen LogP contribution in [-0.2, 0) is 13.1 Å². The first kappa shape index (κ1) is 19.5. The second-order valence-electron chi connectivity index (χ2n) is 7.58. The van der Waals surface area contributed by atoms with Crippen molar-refractivity contribution in [1.29, 1.82) is 0 Å². The van der Waals surface area contributed by atoms with Crippen LogP contribution in [0.1, 0.15) is 41.0 Å². The third-order valence-corrected chi connectivity index (χ3v) is 5.75. The van der Waals surface area contributed by atoms with Gasteiger partial charge in [0.25, 0.3) is 5.56 Å². The van der Waals surface area contributed by atoms with Gasteiger partial charge in [-0.15, -0.1) is 0 Å². The molecule has 0 bridgehead atoms. The molecule has 0 radical (unpaired) electrons. The summed E-state index contributed by atoms with van der Waals surface area (Å²) in [4.78, 5) is 17.0. The number of nitrogens with zero attached hydrogens (tertiary/aromatic N) is 4. The minimum absolute atomic E-state index is 0.0353. The summed E-state index contributed by atoms with van der Waals surface area (Å²) in [7, 11) is 0. The van der Waals surface area contributed by atoms with Crippen LogP contribution in [0.4, 0.5) is 4.39 Å². The molecule has 0 saturated heterocycles. The number of aliphatic hydroxyl groups is 1. The van der Waals surface area contributed by atoms with Crippen LogP contribution in [0.3, 0.4) is 0 Å². The van der Waals surface area contributed by atoms with Crippen molar-refractivity contribution >= 4 is 10.8 Å². The number of nitrogens with one attached hydrogen (secondary N) is 2. The fourth-order valence-corrected chi connectivity index (χ4v) is 4.35. The summed E-state index contributed by atoms with van der Waals surface area (Å²) < 4.78 is 15.4. The number of hydrogen-bond donors (Lipinski definition) is 3. The molecule has 31 heavy (non-hydrogen) atoms. The van der Waals surface area contributed by atoms with E-state index in [2.05, 4.69) is 25.6 Å². The van der Waals surface area contributed by atoms with E-state index in [0.717, 1.165) is 16.5 Å². The summed E-state index contributed by atoms with van der Waals surface area (Å²) in [5.41, 5.74) is 2.27. The van der Waals surface area contributed by atoms with Crippen LogP contribution in [0.5, 0.6) is 0 Å². The zero-order valence-electron chi connectivity index (χ0n) is 16.6. The third kappa shape index (κ3) is 3.41. The number of rotatable bonds is 5. The second-order valence-corrected chi connectivity index (χ2v) is 7.58. The van der Waals surface area contributed by atoms with E-state index < -0.39 is 5.92 Å². The number of aromatic amines is 1. The number of hydrogen-bond acceptors (Lipinski definition) is 6. The minimum atomic E-state index is -0.394. The van der Waals surface area contributed by atoms with Gasteiger partial charge >= 0.3 is 0 Å². The number of H-pyrrole nitrogens is 1. The largest absolute Gasteiger partial charge is 0.396 e.